The Morgan fingerprint density at radius 2 is 1.85 bits per heavy atom. The van der Waals surface area contributed by atoms with E-state index in [1.165, 1.54) is 11.4 Å². The van der Waals surface area contributed by atoms with E-state index in [4.69, 9.17) is 4.74 Å². The average Bonchev–Trinajstić information content (AvgIpc) is 2.58. The summed E-state index contributed by atoms with van der Waals surface area (Å²) >= 11 is 0. The Kier molecular flexibility index (Phi) is 6.76. The van der Waals surface area contributed by atoms with Crippen LogP contribution in [0.4, 0.5) is 5.69 Å². The average molecular weight is 376 g/mol. The first kappa shape index (κ1) is 19.9. The Morgan fingerprint density at radius 3 is 2.46 bits per heavy atom. The molecule has 6 nitrogen and oxygen atoms in total. The van der Waals surface area contributed by atoms with Gasteiger partial charge in [0.25, 0.3) is 0 Å². The number of nitrogens with one attached hydrogen (secondary N) is 1. The topological polar surface area (TPSA) is 75.7 Å². The van der Waals surface area contributed by atoms with Gasteiger partial charge in [-0.25, -0.2) is 8.42 Å². The van der Waals surface area contributed by atoms with E-state index < -0.39 is 10.0 Å². The van der Waals surface area contributed by atoms with Crippen LogP contribution in [0.3, 0.4) is 0 Å². The maximum Gasteiger partial charge on any atom is 0.225 e. The maximum absolute atomic E-state index is 12.3. The molecular formula is C19H24N2O4S. The van der Waals surface area contributed by atoms with E-state index in [1.54, 1.807) is 6.07 Å². The number of carbonyl (C=O) groups excluding carboxylic acids is 1. The Morgan fingerprint density at radius 1 is 1.15 bits per heavy atom. The number of nitrogens with zero attached hydrogens (tertiary/aromatic N) is 1. The molecule has 0 aliphatic rings. The molecular weight excluding hydrogens is 352 g/mol. The lowest BCUT2D eigenvalue weighted by Crippen LogP contribution is -2.32. The minimum absolute atomic E-state index is 0.0526. The molecule has 140 valence electrons. The van der Waals surface area contributed by atoms with Crippen LogP contribution in [0, 0.1) is 6.92 Å². The molecule has 0 aliphatic heterocycles. The van der Waals surface area contributed by atoms with E-state index in [0.717, 1.165) is 17.4 Å². The van der Waals surface area contributed by atoms with Gasteiger partial charge in [0.05, 0.1) is 19.1 Å². The van der Waals surface area contributed by atoms with Gasteiger partial charge in [-0.1, -0.05) is 36.4 Å². The normalized spacial score (nSPS) is 11.4. The van der Waals surface area contributed by atoms with Crippen LogP contribution < -0.4 is 10.1 Å². The third-order valence-electron chi connectivity index (χ3n) is 3.89. The van der Waals surface area contributed by atoms with Crippen LogP contribution in [-0.4, -0.2) is 38.5 Å². The molecule has 0 aliphatic carbocycles. The standard InChI is InChI=1S/C19H24N2O4S/c1-15-9-10-18(25-2)17(13-15)20-19(22)11-12-21(26(3,23)24)14-16-7-5-4-6-8-16/h4-10,13H,11-12,14H2,1-3H3,(H,20,22). The molecule has 0 saturated heterocycles. The molecule has 2 aromatic rings. The lowest BCUT2D eigenvalue weighted by molar-refractivity contribution is -0.116. The molecule has 1 amide bonds. The van der Waals surface area contributed by atoms with E-state index in [2.05, 4.69) is 5.32 Å². The van der Waals surface area contributed by atoms with Gasteiger partial charge in [0.15, 0.2) is 0 Å². The van der Waals surface area contributed by atoms with Crippen LogP contribution >= 0.6 is 0 Å². The number of anilines is 1. The van der Waals surface area contributed by atoms with Crippen LogP contribution in [0.25, 0.3) is 0 Å². The summed E-state index contributed by atoms with van der Waals surface area (Å²) in [5, 5.41) is 2.79. The SMILES string of the molecule is COc1ccc(C)cc1NC(=O)CCN(Cc1ccccc1)S(C)(=O)=O. The summed E-state index contributed by atoms with van der Waals surface area (Å²) in [4.78, 5) is 12.3. The minimum atomic E-state index is -3.42. The predicted octanol–water partition coefficient (Wildman–Crippen LogP) is 2.79. The first-order valence-corrected chi connectivity index (χ1v) is 10.1. The smallest absolute Gasteiger partial charge is 0.225 e. The Hall–Kier alpha value is -2.38. The number of carbonyl (C=O) groups is 1. The fraction of sp³-hybridized carbons (Fsp3) is 0.316. The third kappa shape index (κ3) is 5.86. The zero-order valence-electron chi connectivity index (χ0n) is 15.2. The summed E-state index contributed by atoms with van der Waals surface area (Å²) in [5.74, 6) is 0.295. The molecule has 0 radical (unpaired) electrons. The summed E-state index contributed by atoms with van der Waals surface area (Å²) in [7, 11) is -1.89. The van der Waals surface area contributed by atoms with Gasteiger partial charge in [0, 0.05) is 19.5 Å². The molecule has 0 saturated carbocycles. The number of aryl methyl sites for hydroxylation is 1. The van der Waals surface area contributed by atoms with Crippen molar-refractivity contribution >= 4 is 21.6 Å². The van der Waals surface area contributed by atoms with Crippen LogP contribution in [0.15, 0.2) is 48.5 Å². The van der Waals surface area contributed by atoms with Crippen molar-refractivity contribution < 1.29 is 17.9 Å². The van der Waals surface area contributed by atoms with Gasteiger partial charge in [0.1, 0.15) is 5.75 Å². The third-order valence-corrected chi connectivity index (χ3v) is 5.14. The molecule has 0 aromatic heterocycles. The fourth-order valence-corrected chi connectivity index (χ4v) is 3.31. The number of ether oxygens (including phenoxy) is 1. The Bertz CT molecular complexity index is 851. The summed E-state index contributed by atoms with van der Waals surface area (Å²) in [6.07, 6.45) is 1.20. The number of hydrogen-bond acceptors (Lipinski definition) is 4. The monoisotopic (exact) mass is 376 g/mol. The van der Waals surface area contributed by atoms with Crippen LogP contribution in [0.1, 0.15) is 17.5 Å². The highest BCUT2D eigenvalue weighted by atomic mass is 32.2. The summed E-state index contributed by atoms with van der Waals surface area (Å²) in [5.41, 5.74) is 2.44. The van der Waals surface area contributed by atoms with E-state index in [0.29, 0.717) is 11.4 Å². The summed E-state index contributed by atoms with van der Waals surface area (Å²) < 4.78 is 30.6. The quantitative estimate of drug-likeness (QED) is 0.769. The summed E-state index contributed by atoms with van der Waals surface area (Å²) in [6, 6.07) is 14.8. The molecule has 7 heteroatoms. The Labute approximate surface area is 154 Å². The number of rotatable bonds is 8. The zero-order chi connectivity index (χ0) is 19.2. The molecule has 2 rings (SSSR count). The first-order valence-electron chi connectivity index (χ1n) is 8.23. The van der Waals surface area contributed by atoms with Crippen LogP contribution in [0.5, 0.6) is 5.75 Å². The second-order valence-corrected chi connectivity index (χ2v) is 8.07. The van der Waals surface area contributed by atoms with Crippen molar-refractivity contribution in [3.05, 3.63) is 59.7 Å². The van der Waals surface area contributed by atoms with E-state index in [9.17, 15) is 13.2 Å². The summed E-state index contributed by atoms with van der Waals surface area (Å²) in [6.45, 7) is 2.26. The molecule has 2 aromatic carbocycles. The minimum Gasteiger partial charge on any atom is -0.495 e. The van der Waals surface area contributed by atoms with Crippen molar-refractivity contribution in [2.75, 3.05) is 25.2 Å². The van der Waals surface area contributed by atoms with Crippen LogP contribution in [-0.2, 0) is 21.4 Å². The second-order valence-electron chi connectivity index (χ2n) is 6.08. The highest BCUT2D eigenvalue weighted by Gasteiger charge is 2.18. The molecule has 0 spiro atoms. The highest BCUT2D eigenvalue weighted by molar-refractivity contribution is 7.88. The van der Waals surface area contributed by atoms with Crippen LogP contribution in [0.2, 0.25) is 0 Å². The molecule has 0 atom stereocenters. The van der Waals surface area contributed by atoms with Gasteiger partial charge in [-0.15, -0.1) is 0 Å². The van der Waals surface area contributed by atoms with Crippen molar-refractivity contribution in [3.63, 3.8) is 0 Å². The molecule has 0 fully saturated rings. The number of sulfonamides is 1. The van der Waals surface area contributed by atoms with Crippen molar-refractivity contribution in [1.82, 2.24) is 4.31 Å². The molecule has 0 heterocycles. The molecule has 0 unspecified atom stereocenters. The van der Waals surface area contributed by atoms with Crippen molar-refractivity contribution in [2.45, 2.75) is 19.9 Å². The van der Waals surface area contributed by atoms with E-state index in [1.807, 2.05) is 49.4 Å². The van der Waals surface area contributed by atoms with Gasteiger partial charge in [-0.05, 0) is 30.2 Å². The number of methoxy groups -OCH3 is 1. The second kappa shape index (κ2) is 8.82. The zero-order valence-corrected chi connectivity index (χ0v) is 16.0. The van der Waals surface area contributed by atoms with Crippen molar-refractivity contribution in [3.8, 4) is 5.75 Å². The van der Waals surface area contributed by atoms with Gasteiger partial charge in [-0.2, -0.15) is 4.31 Å². The largest absolute Gasteiger partial charge is 0.495 e. The lowest BCUT2D eigenvalue weighted by atomic mass is 10.2. The molecule has 26 heavy (non-hydrogen) atoms. The number of benzene rings is 2. The lowest BCUT2D eigenvalue weighted by Gasteiger charge is -2.20. The van der Waals surface area contributed by atoms with Crippen molar-refractivity contribution in [1.29, 1.82) is 0 Å². The molecule has 1 N–H and O–H groups in total. The van der Waals surface area contributed by atoms with Gasteiger partial charge in [0.2, 0.25) is 15.9 Å². The van der Waals surface area contributed by atoms with Gasteiger partial charge >= 0.3 is 0 Å². The van der Waals surface area contributed by atoms with Crippen molar-refractivity contribution in [2.24, 2.45) is 0 Å². The predicted molar refractivity (Wildman–Crippen MR) is 103 cm³/mol. The first-order chi connectivity index (χ1) is 12.3. The van der Waals surface area contributed by atoms with Gasteiger partial charge in [-0.3, -0.25) is 4.79 Å². The molecule has 0 bridgehead atoms. The Balaban J connectivity index is 2.02. The number of amides is 1. The highest BCUT2D eigenvalue weighted by Crippen LogP contribution is 2.25. The van der Waals surface area contributed by atoms with E-state index >= 15 is 0 Å². The fourth-order valence-electron chi connectivity index (χ4n) is 2.51. The van der Waals surface area contributed by atoms with E-state index in [-0.39, 0.29) is 25.4 Å². The maximum atomic E-state index is 12.3. The number of hydrogen-bond donors (Lipinski definition) is 1. The van der Waals surface area contributed by atoms with Gasteiger partial charge < -0.3 is 10.1 Å².